The zero-order chi connectivity index (χ0) is 20.4. The Balaban J connectivity index is 1.85. The van der Waals surface area contributed by atoms with Crippen molar-refractivity contribution in [1.82, 2.24) is 9.88 Å². The highest BCUT2D eigenvalue weighted by molar-refractivity contribution is 6.46. The van der Waals surface area contributed by atoms with E-state index in [1.165, 1.54) is 4.90 Å². The van der Waals surface area contributed by atoms with Gasteiger partial charge in [0.1, 0.15) is 5.76 Å². The van der Waals surface area contributed by atoms with Gasteiger partial charge in [-0.1, -0.05) is 66.2 Å². The number of hydrogen-bond acceptors (Lipinski definition) is 4. The van der Waals surface area contributed by atoms with Crippen LogP contribution in [0.1, 0.15) is 28.3 Å². The summed E-state index contributed by atoms with van der Waals surface area (Å²) in [6.07, 6.45) is 3.32. The molecule has 1 fully saturated rings. The molecule has 3 aromatic rings. The zero-order valence-corrected chi connectivity index (χ0v) is 15.9. The molecule has 1 amide bonds. The molecule has 1 aromatic heterocycles. The number of benzene rings is 2. The van der Waals surface area contributed by atoms with Crippen LogP contribution in [0.5, 0.6) is 0 Å². The second-order valence-corrected chi connectivity index (χ2v) is 7.06. The predicted molar refractivity (Wildman–Crippen MR) is 110 cm³/mol. The third-order valence-electron chi connectivity index (χ3n) is 5.06. The van der Waals surface area contributed by atoms with Crippen molar-refractivity contribution in [2.75, 3.05) is 0 Å². The van der Waals surface area contributed by atoms with Crippen molar-refractivity contribution in [2.45, 2.75) is 19.5 Å². The van der Waals surface area contributed by atoms with Gasteiger partial charge in [0, 0.05) is 24.5 Å². The number of rotatable bonds is 4. The van der Waals surface area contributed by atoms with Crippen LogP contribution in [0.4, 0.5) is 0 Å². The summed E-state index contributed by atoms with van der Waals surface area (Å²) in [5.41, 5.74) is 3.23. The molecule has 0 aliphatic carbocycles. The van der Waals surface area contributed by atoms with Crippen molar-refractivity contribution in [2.24, 2.45) is 0 Å². The molecule has 5 nitrogen and oxygen atoms in total. The monoisotopic (exact) mass is 384 g/mol. The summed E-state index contributed by atoms with van der Waals surface area (Å²) in [4.78, 5) is 31.4. The van der Waals surface area contributed by atoms with Crippen molar-refractivity contribution in [3.05, 3.63) is 107 Å². The third kappa shape index (κ3) is 3.55. The number of carbonyl (C=O) groups excluding carboxylic acids is 2. The van der Waals surface area contributed by atoms with Gasteiger partial charge in [0.25, 0.3) is 11.7 Å². The van der Waals surface area contributed by atoms with Crippen LogP contribution in [-0.2, 0) is 16.1 Å². The Hall–Kier alpha value is -3.73. The Kier molecular flexibility index (Phi) is 4.96. The molecule has 1 N–H and O–H groups in total. The number of carbonyl (C=O) groups is 2. The smallest absolute Gasteiger partial charge is 0.295 e. The van der Waals surface area contributed by atoms with E-state index in [4.69, 9.17) is 0 Å². The first-order valence-corrected chi connectivity index (χ1v) is 9.35. The zero-order valence-electron chi connectivity index (χ0n) is 15.9. The number of aliphatic hydroxyl groups is 1. The van der Waals surface area contributed by atoms with E-state index in [0.29, 0.717) is 5.56 Å². The van der Waals surface area contributed by atoms with Crippen molar-refractivity contribution >= 4 is 17.4 Å². The molecule has 1 aliphatic rings. The van der Waals surface area contributed by atoms with Gasteiger partial charge in [0.2, 0.25) is 0 Å². The van der Waals surface area contributed by atoms with Gasteiger partial charge in [-0.2, -0.15) is 0 Å². The van der Waals surface area contributed by atoms with Gasteiger partial charge in [0.15, 0.2) is 0 Å². The van der Waals surface area contributed by atoms with Gasteiger partial charge < -0.3 is 10.0 Å². The topological polar surface area (TPSA) is 70.5 Å². The molecule has 5 heteroatoms. The fraction of sp³-hybridized carbons (Fsp3) is 0.125. The number of hydrogen-bond donors (Lipinski definition) is 1. The van der Waals surface area contributed by atoms with Crippen molar-refractivity contribution in [3.8, 4) is 0 Å². The lowest BCUT2D eigenvalue weighted by Gasteiger charge is -2.25. The summed E-state index contributed by atoms with van der Waals surface area (Å²) < 4.78 is 0. The molecule has 4 rings (SSSR count). The maximum atomic E-state index is 12.9. The van der Waals surface area contributed by atoms with E-state index in [1.807, 2.05) is 55.5 Å². The number of aliphatic hydroxyl groups excluding tert-OH is 1. The summed E-state index contributed by atoms with van der Waals surface area (Å²) in [7, 11) is 0. The molecule has 0 radical (unpaired) electrons. The van der Waals surface area contributed by atoms with Crippen LogP contribution in [0, 0.1) is 6.92 Å². The van der Waals surface area contributed by atoms with Crippen LogP contribution in [0.15, 0.2) is 84.7 Å². The van der Waals surface area contributed by atoms with E-state index in [2.05, 4.69) is 4.98 Å². The average Bonchev–Trinajstić information content (AvgIpc) is 3.00. The molecule has 0 unspecified atom stereocenters. The number of nitrogens with zero attached hydrogens (tertiary/aromatic N) is 2. The number of amides is 1. The highest BCUT2D eigenvalue weighted by Crippen LogP contribution is 2.40. The van der Waals surface area contributed by atoms with Crippen LogP contribution < -0.4 is 0 Å². The lowest BCUT2D eigenvalue weighted by molar-refractivity contribution is -0.140. The summed E-state index contributed by atoms with van der Waals surface area (Å²) in [6.45, 7) is 2.17. The fourth-order valence-electron chi connectivity index (χ4n) is 3.58. The Labute approximate surface area is 169 Å². The van der Waals surface area contributed by atoms with Crippen LogP contribution in [0.2, 0.25) is 0 Å². The normalized spacial score (nSPS) is 18.2. The second-order valence-electron chi connectivity index (χ2n) is 7.06. The van der Waals surface area contributed by atoms with Crippen LogP contribution in [-0.4, -0.2) is 26.7 Å². The molecule has 1 atom stereocenters. The Morgan fingerprint density at radius 1 is 1.00 bits per heavy atom. The molecule has 0 spiro atoms. The Bertz CT molecular complexity index is 1070. The maximum absolute atomic E-state index is 12.9. The summed E-state index contributed by atoms with van der Waals surface area (Å²) in [5.74, 6) is -1.47. The van der Waals surface area contributed by atoms with Gasteiger partial charge in [-0.3, -0.25) is 14.6 Å². The lowest BCUT2D eigenvalue weighted by Crippen LogP contribution is -2.29. The number of aryl methyl sites for hydroxylation is 1. The highest BCUT2D eigenvalue weighted by Gasteiger charge is 2.45. The van der Waals surface area contributed by atoms with E-state index in [9.17, 15) is 14.7 Å². The highest BCUT2D eigenvalue weighted by atomic mass is 16.3. The first-order chi connectivity index (χ1) is 14.1. The molecular formula is C24H20N2O3. The SMILES string of the molecule is Cc1ccc(/C(O)=C2\C(=O)C(=O)N(Cc3cccnc3)[C@@H]2c2ccccc2)cc1. The van der Waals surface area contributed by atoms with Gasteiger partial charge in [-0.15, -0.1) is 0 Å². The van der Waals surface area contributed by atoms with Gasteiger partial charge in [-0.05, 0) is 24.1 Å². The number of ketones is 1. The van der Waals surface area contributed by atoms with E-state index in [-0.39, 0.29) is 17.9 Å². The van der Waals surface area contributed by atoms with Crippen LogP contribution in [0.3, 0.4) is 0 Å². The minimum Gasteiger partial charge on any atom is -0.507 e. The molecule has 2 heterocycles. The Morgan fingerprint density at radius 3 is 2.38 bits per heavy atom. The average molecular weight is 384 g/mol. The predicted octanol–water partition coefficient (Wildman–Crippen LogP) is 4.01. The van der Waals surface area contributed by atoms with E-state index < -0.39 is 17.7 Å². The molecule has 1 aliphatic heterocycles. The largest absolute Gasteiger partial charge is 0.507 e. The fourth-order valence-corrected chi connectivity index (χ4v) is 3.58. The number of likely N-dealkylation sites (tertiary alicyclic amines) is 1. The standard InChI is InChI=1S/C24H20N2O3/c1-16-9-11-19(12-10-16)22(27)20-21(18-7-3-2-4-8-18)26(24(29)23(20)28)15-17-6-5-13-25-14-17/h2-14,21,27H,15H2,1H3/b22-20+/t21-/m1/s1. The minimum absolute atomic E-state index is 0.106. The lowest BCUT2D eigenvalue weighted by atomic mass is 9.95. The minimum atomic E-state index is -0.680. The van der Waals surface area contributed by atoms with Crippen molar-refractivity contribution in [3.63, 3.8) is 0 Å². The van der Waals surface area contributed by atoms with Gasteiger partial charge >= 0.3 is 0 Å². The molecule has 2 aromatic carbocycles. The van der Waals surface area contributed by atoms with Crippen molar-refractivity contribution in [1.29, 1.82) is 0 Å². The summed E-state index contributed by atoms with van der Waals surface area (Å²) >= 11 is 0. The molecule has 144 valence electrons. The molecule has 0 saturated carbocycles. The number of Topliss-reactive ketones (excluding diaryl/α,β-unsaturated/α-hetero) is 1. The third-order valence-corrected chi connectivity index (χ3v) is 5.06. The molecular weight excluding hydrogens is 364 g/mol. The maximum Gasteiger partial charge on any atom is 0.295 e. The number of pyridine rings is 1. The van der Waals surface area contributed by atoms with Crippen LogP contribution >= 0.6 is 0 Å². The Morgan fingerprint density at radius 2 is 1.72 bits per heavy atom. The molecule has 29 heavy (non-hydrogen) atoms. The van der Waals surface area contributed by atoms with Crippen LogP contribution in [0.25, 0.3) is 5.76 Å². The summed E-state index contributed by atoms with van der Waals surface area (Å²) in [6, 6.07) is 19.5. The van der Waals surface area contributed by atoms with Gasteiger partial charge in [-0.25, -0.2) is 0 Å². The first-order valence-electron chi connectivity index (χ1n) is 9.35. The van der Waals surface area contributed by atoms with E-state index in [1.54, 1.807) is 30.6 Å². The summed E-state index contributed by atoms with van der Waals surface area (Å²) in [5, 5.41) is 11.0. The quantitative estimate of drug-likeness (QED) is 0.419. The second kappa shape index (κ2) is 7.72. The van der Waals surface area contributed by atoms with Crippen molar-refractivity contribution < 1.29 is 14.7 Å². The molecule has 0 bridgehead atoms. The van der Waals surface area contributed by atoms with E-state index in [0.717, 1.165) is 16.7 Å². The first kappa shape index (κ1) is 18.6. The van der Waals surface area contributed by atoms with Gasteiger partial charge in [0.05, 0.1) is 11.6 Å². The number of aromatic nitrogens is 1. The van der Waals surface area contributed by atoms with E-state index >= 15 is 0 Å². The molecule has 1 saturated heterocycles.